The SMILES string of the molecule is Cn1cncc1CC(NC(=O)CCN)C(=O)SCC(N)C(N)=O. The molecule has 0 aliphatic carbocycles. The lowest BCUT2D eigenvalue weighted by Gasteiger charge is -2.18. The van der Waals surface area contributed by atoms with Crippen LogP contribution in [0, 0.1) is 0 Å². The first-order valence-corrected chi connectivity index (χ1v) is 7.99. The molecule has 2 amide bonds. The van der Waals surface area contributed by atoms with E-state index < -0.39 is 18.0 Å². The maximum atomic E-state index is 12.3. The number of hydrogen-bond donors (Lipinski definition) is 4. The normalized spacial score (nSPS) is 13.3. The fourth-order valence-corrected chi connectivity index (χ4v) is 2.59. The first kappa shape index (κ1) is 19.1. The maximum absolute atomic E-state index is 12.3. The molecule has 2 atom stereocenters. The minimum absolute atomic E-state index is 0.0583. The number of thioether (sulfide) groups is 1. The van der Waals surface area contributed by atoms with E-state index in [-0.39, 0.29) is 36.2 Å². The molecule has 0 bridgehead atoms. The monoisotopic (exact) mass is 342 g/mol. The summed E-state index contributed by atoms with van der Waals surface area (Å²) < 4.78 is 1.76. The molecule has 10 heteroatoms. The fraction of sp³-hybridized carbons (Fsp3) is 0.538. The highest BCUT2D eigenvalue weighted by molar-refractivity contribution is 8.13. The van der Waals surface area contributed by atoms with Gasteiger partial charge in [0.2, 0.25) is 16.9 Å². The lowest BCUT2D eigenvalue weighted by Crippen LogP contribution is -2.44. The fourth-order valence-electron chi connectivity index (χ4n) is 1.74. The van der Waals surface area contributed by atoms with Crippen LogP contribution < -0.4 is 22.5 Å². The largest absolute Gasteiger partial charge is 0.368 e. The summed E-state index contributed by atoms with van der Waals surface area (Å²) in [5.74, 6) is -0.934. The van der Waals surface area contributed by atoms with Crippen molar-refractivity contribution >= 4 is 28.7 Å². The van der Waals surface area contributed by atoms with Crippen LogP contribution in [0.2, 0.25) is 0 Å². The van der Waals surface area contributed by atoms with E-state index in [2.05, 4.69) is 10.3 Å². The molecule has 1 aromatic rings. The summed E-state index contributed by atoms with van der Waals surface area (Å²) in [6, 6.07) is -1.67. The van der Waals surface area contributed by atoms with E-state index >= 15 is 0 Å². The first-order chi connectivity index (χ1) is 10.8. The van der Waals surface area contributed by atoms with E-state index in [9.17, 15) is 14.4 Å². The van der Waals surface area contributed by atoms with Gasteiger partial charge in [0.1, 0.15) is 6.04 Å². The summed E-state index contributed by atoms with van der Waals surface area (Å²) in [7, 11) is 1.79. The van der Waals surface area contributed by atoms with Crippen molar-refractivity contribution in [2.24, 2.45) is 24.2 Å². The molecular formula is C13H22N6O3S. The molecule has 0 aromatic carbocycles. The zero-order valence-corrected chi connectivity index (χ0v) is 13.7. The summed E-state index contributed by atoms with van der Waals surface area (Å²) in [4.78, 5) is 39.0. The van der Waals surface area contributed by atoms with Gasteiger partial charge in [-0.1, -0.05) is 11.8 Å². The van der Waals surface area contributed by atoms with Crippen molar-refractivity contribution in [2.75, 3.05) is 12.3 Å². The highest BCUT2D eigenvalue weighted by Gasteiger charge is 2.24. The number of carbonyl (C=O) groups excluding carboxylic acids is 3. The second-order valence-electron chi connectivity index (χ2n) is 5.00. The van der Waals surface area contributed by atoms with E-state index in [4.69, 9.17) is 17.2 Å². The molecule has 0 saturated carbocycles. The third-order valence-corrected chi connectivity index (χ3v) is 4.19. The Morgan fingerprint density at radius 1 is 1.43 bits per heavy atom. The molecule has 1 aromatic heterocycles. The number of aromatic nitrogens is 2. The van der Waals surface area contributed by atoms with Crippen molar-refractivity contribution in [3.63, 3.8) is 0 Å². The van der Waals surface area contributed by atoms with Crippen molar-refractivity contribution in [2.45, 2.75) is 24.9 Å². The predicted octanol–water partition coefficient (Wildman–Crippen LogP) is -2.13. The van der Waals surface area contributed by atoms with E-state index in [1.54, 1.807) is 24.1 Å². The number of nitrogens with one attached hydrogen (secondary N) is 1. The standard InChI is InChI=1S/C13H22N6O3S/c1-19-7-17-5-8(19)4-10(18-11(20)2-3-14)13(22)23-6-9(15)12(16)21/h5,7,9-10H,2-4,6,14-15H2,1H3,(H2,16,21)(H,18,20). The van der Waals surface area contributed by atoms with Crippen molar-refractivity contribution in [1.82, 2.24) is 14.9 Å². The van der Waals surface area contributed by atoms with Crippen molar-refractivity contribution < 1.29 is 14.4 Å². The number of primary amides is 1. The van der Waals surface area contributed by atoms with Crippen LogP contribution in [0.4, 0.5) is 0 Å². The number of carbonyl (C=O) groups is 3. The molecule has 128 valence electrons. The smallest absolute Gasteiger partial charge is 0.235 e. The third-order valence-electron chi connectivity index (χ3n) is 3.09. The van der Waals surface area contributed by atoms with Gasteiger partial charge in [-0.25, -0.2) is 4.98 Å². The van der Waals surface area contributed by atoms with E-state index in [1.807, 2.05) is 0 Å². The molecule has 0 aliphatic rings. The molecule has 7 N–H and O–H groups in total. The van der Waals surface area contributed by atoms with Gasteiger partial charge in [-0.15, -0.1) is 0 Å². The maximum Gasteiger partial charge on any atom is 0.235 e. The Balaban J connectivity index is 2.73. The number of hydrogen-bond acceptors (Lipinski definition) is 7. The Bertz CT molecular complexity index is 562. The number of imidazole rings is 1. The second-order valence-corrected chi connectivity index (χ2v) is 6.02. The number of nitrogens with two attached hydrogens (primary N) is 3. The van der Waals surface area contributed by atoms with Gasteiger partial charge in [0, 0.05) is 44.1 Å². The highest BCUT2D eigenvalue weighted by Crippen LogP contribution is 2.12. The molecular weight excluding hydrogens is 320 g/mol. The number of nitrogens with zero attached hydrogens (tertiary/aromatic N) is 2. The molecule has 0 radical (unpaired) electrons. The third kappa shape index (κ3) is 6.38. The zero-order valence-electron chi connectivity index (χ0n) is 12.9. The van der Waals surface area contributed by atoms with Crippen LogP contribution in [-0.4, -0.2) is 50.9 Å². The molecule has 9 nitrogen and oxygen atoms in total. The van der Waals surface area contributed by atoms with Crippen LogP contribution in [0.1, 0.15) is 12.1 Å². The van der Waals surface area contributed by atoms with Gasteiger partial charge in [-0.05, 0) is 0 Å². The Hall–Kier alpha value is -1.91. The molecule has 0 spiro atoms. The lowest BCUT2D eigenvalue weighted by molar-refractivity contribution is -0.124. The summed E-state index contributed by atoms with van der Waals surface area (Å²) in [5.41, 5.74) is 16.7. The van der Waals surface area contributed by atoms with Crippen LogP contribution in [0.15, 0.2) is 12.5 Å². The Morgan fingerprint density at radius 3 is 2.65 bits per heavy atom. The number of rotatable bonds is 9. The van der Waals surface area contributed by atoms with Gasteiger partial charge in [0.25, 0.3) is 0 Å². The minimum Gasteiger partial charge on any atom is -0.368 e. The Kier molecular flexibility index (Phi) is 7.72. The van der Waals surface area contributed by atoms with Crippen LogP contribution in [0.5, 0.6) is 0 Å². The zero-order chi connectivity index (χ0) is 17.4. The molecule has 2 unspecified atom stereocenters. The lowest BCUT2D eigenvalue weighted by atomic mass is 10.1. The van der Waals surface area contributed by atoms with Crippen molar-refractivity contribution in [1.29, 1.82) is 0 Å². The van der Waals surface area contributed by atoms with Crippen molar-refractivity contribution in [3.05, 3.63) is 18.2 Å². The molecule has 23 heavy (non-hydrogen) atoms. The first-order valence-electron chi connectivity index (χ1n) is 7.01. The summed E-state index contributed by atoms with van der Waals surface area (Å²) >= 11 is 0.868. The minimum atomic E-state index is -0.916. The average molecular weight is 342 g/mol. The van der Waals surface area contributed by atoms with Crippen LogP contribution >= 0.6 is 11.8 Å². The Labute approximate surface area is 138 Å². The van der Waals surface area contributed by atoms with Gasteiger partial charge >= 0.3 is 0 Å². The van der Waals surface area contributed by atoms with E-state index in [0.29, 0.717) is 0 Å². The molecule has 1 heterocycles. The Morgan fingerprint density at radius 2 is 2.13 bits per heavy atom. The van der Waals surface area contributed by atoms with Crippen molar-refractivity contribution in [3.8, 4) is 0 Å². The molecule has 0 aliphatic heterocycles. The van der Waals surface area contributed by atoms with Crippen LogP contribution in [0.3, 0.4) is 0 Å². The van der Waals surface area contributed by atoms with Gasteiger partial charge in [0.15, 0.2) is 0 Å². The van der Waals surface area contributed by atoms with Gasteiger partial charge < -0.3 is 27.1 Å². The summed E-state index contributed by atoms with van der Waals surface area (Å²) in [6.07, 6.45) is 3.63. The van der Waals surface area contributed by atoms with E-state index in [1.165, 1.54) is 0 Å². The van der Waals surface area contributed by atoms with Gasteiger partial charge in [-0.3, -0.25) is 14.4 Å². The summed E-state index contributed by atoms with van der Waals surface area (Å²) in [5, 5.41) is 2.35. The van der Waals surface area contributed by atoms with Gasteiger partial charge in [0.05, 0.1) is 12.4 Å². The quantitative estimate of drug-likeness (QED) is 0.399. The van der Waals surface area contributed by atoms with Gasteiger partial charge in [-0.2, -0.15) is 0 Å². The second kappa shape index (κ2) is 9.28. The molecule has 0 saturated heterocycles. The molecule has 1 rings (SSSR count). The number of amides is 2. The number of aryl methyl sites for hydroxylation is 1. The predicted molar refractivity (Wildman–Crippen MR) is 87.1 cm³/mol. The average Bonchev–Trinajstić information content (AvgIpc) is 2.89. The summed E-state index contributed by atoms with van der Waals surface area (Å²) in [6.45, 7) is 0.193. The van der Waals surface area contributed by atoms with Crippen LogP contribution in [0.25, 0.3) is 0 Å². The van der Waals surface area contributed by atoms with Crippen LogP contribution in [-0.2, 0) is 27.9 Å². The molecule has 0 fully saturated rings. The van der Waals surface area contributed by atoms with E-state index in [0.717, 1.165) is 17.5 Å². The highest BCUT2D eigenvalue weighted by atomic mass is 32.2. The topological polar surface area (TPSA) is 159 Å².